The van der Waals surface area contributed by atoms with Crippen molar-refractivity contribution in [3.05, 3.63) is 34.9 Å². The number of ketones is 1. The van der Waals surface area contributed by atoms with Gasteiger partial charge in [-0.05, 0) is 49.7 Å². The molecule has 2 aliphatic carbocycles. The number of fused-ring (bicyclic) bond motifs is 1. The largest absolute Gasteiger partial charge is 0.504 e. The molecule has 1 aromatic rings. The minimum absolute atomic E-state index is 0.0830. The number of carbonyl (C=O) groups excluding carboxylic acids is 1. The van der Waals surface area contributed by atoms with Crippen LogP contribution < -0.4 is 4.74 Å². The molecule has 1 N–H and O–H groups in total. The molecule has 3 aliphatic rings. The zero-order valence-corrected chi connectivity index (χ0v) is 14.3. The Balaban J connectivity index is 1.99. The predicted molar refractivity (Wildman–Crippen MR) is 89.6 cm³/mol. The van der Waals surface area contributed by atoms with E-state index in [1.54, 1.807) is 14.2 Å². The lowest BCUT2D eigenvalue weighted by Crippen LogP contribution is -2.57. The number of likely N-dealkylation sites (tertiary alicyclic amines) is 1. The second-order valence-electron chi connectivity index (χ2n) is 7.10. The van der Waals surface area contributed by atoms with Gasteiger partial charge in [-0.15, -0.1) is 0 Å². The van der Waals surface area contributed by atoms with Gasteiger partial charge in [0.25, 0.3) is 0 Å². The van der Waals surface area contributed by atoms with E-state index in [-0.39, 0.29) is 17.6 Å². The number of ether oxygens (including phenoxy) is 2. The molecule has 1 aromatic carbocycles. The number of hydrogen-bond donors (Lipinski definition) is 1. The first-order chi connectivity index (χ1) is 11.5. The molecule has 0 spiro atoms. The van der Waals surface area contributed by atoms with E-state index in [1.165, 1.54) is 5.57 Å². The molecule has 128 valence electrons. The number of phenols is 1. The molecule has 24 heavy (non-hydrogen) atoms. The third-order valence-corrected chi connectivity index (χ3v) is 6.05. The molecular weight excluding hydrogens is 306 g/mol. The molecule has 1 unspecified atom stereocenters. The highest BCUT2D eigenvalue weighted by Gasteiger charge is 2.54. The van der Waals surface area contributed by atoms with Crippen molar-refractivity contribution in [2.75, 3.05) is 27.8 Å². The van der Waals surface area contributed by atoms with E-state index in [2.05, 4.69) is 11.9 Å². The van der Waals surface area contributed by atoms with Crippen LogP contribution in [0.3, 0.4) is 0 Å². The maximum atomic E-state index is 12.6. The lowest BCUT2D eigenvalue weighted by atomic mass is 9.56. The van der Waals surface area contributed by atoms with Gasteiger partial charge in [0.1, 0.15) is 6.10 Å². The van der Waals surface area contributed by atoms with Gasteiger partial charge in [0.2, 0.25) is 0 Å². The van der Waals surface area contributed by atoms with E-state index in [0.29, 0.717) is 12.2 Å². The number of Topliss-reactive ketones (excluding diaryl/α,β-unsaturated/α-hetero) is 1. The first-order valence-corrected chi connectivity index (χ1v) is 8.39. The average molecular weight is 329 g/mol. The van der Waals surface area contributed by atoms with Crippen LogP contribution >= 0.6 is 0 Å². The number of carbonyl (C=O) groups is 1. The molecule has 0 aromatic heterocycles. The fourth-order valence-corrected chi connectivity index (χ4v) is 4.85. The molecule has 3 atom stereocenters. The normalized spacial score (nSPS) is 32.0. The molecule has 2 bridgehead atoms. The Bertz CT molecular complexity index is 741. The highest BCUT2D eigenvalue weighted by Crippen LogP contribution is 2.56. The summed E-state index contributed by atoms with van der Waals surface area (Å²) in [5.74, 6) is 0.744. The van der Waals surface area contributed by atoms with Crippen molar-refractivity contribution in [2.24, 2.45) is 0 Å². The standard InChI is InChI=1S/C19H23NO4/c1-20-7-6-19-10-14(21)16(24-3)9-12(19)13(20)8-11-4-5-15(23-2)18(22)17(11)19/h4-5,9,13,16,22H,6-8,10H2,1-3H3/t13-,16?,19+/m0/s1. The van der Waals surface area contributed by atoms with Crippen LogP contribution in [-0.4, -0.2) is 55.7 Å². The van der Waals surface area contributed by atoms with Gasteiger partial charge < -0.3 is 14.6 Å². The fourth-order valence-electron chi connectivity index (χ4n) is 4.85. The highest BCUT2D eigenvalue weighted by atomic mass is 16.5. The molecule has 0 saturated carbocycles. The molecule has 1 heterocycles. The lowest BCUT2D eigenvalue weighted by molar-refractivity contribution is -0.129. The van der Waals surface area contributed by atoms with Crippen molar-refractivity contribution >= 4 is 5.78 Å². The van der Waals surface area contributed by atoms with Crippen LogP contribution in [0.15, 0.2) is 23.8 Å². The summed E-state index contributed by atoms with van der Waals surface area (Å²) < 4.78 is 10.7. The van der Waals surface area contributed by atoms with Gasteiger partial charge in [0.05, 0.1) is 7.11 Å². The Kier molecular flexibility index (Phi) is 3.48. The van der Waals surface area contributed by atoms with Crippen molar-refractivity contribution < 1.29 is 19.4 Å². The summed E-state index contributed by atoms with van der Waals surface area (Å²) in [5.41, 5.74) is 2.81. The second kappa shape index (κ2) is 5.33. The van der Waals surface area contributed by atoms with Crippen LogP contribution in [0.5, 0.6) is 11.5 Å². The summed E-state index contributed by atoms with van der Waals surface area (Å²) in [5, 5.41) is 10.8. The average Bonchev–Trinajstić information content (AvgIpc) is 2.57. The third kappa shape index (κ3) is 1.91. The van der Waals surface area contributed by atoms with Crippen LogP contribution in [0.2, 0.25) is 0 Å². The summed E-state index contributed by atoms with van der Waals surface area (Å²) >= 11 is 0. The van der Waals surface area contributed by atoms with Crippen LogP contribution in [0, 0.1) is 0 Å². The summed E-state index contributed by atoms with van der Waals surface area (Å²) in [7, 11) is 5.26. The summed E-state index contributed by atoms with van der Waals surface area (Å²) in [6.07, 6.45) is 3.56. The minimum atomic E-state index is -0.476. The molecule has 5 nitrogen and oxygen atoms in total. The van der Waals surface area contributed by atoms with Crippen LogP contribution in [0.1, 0.15) is 24.0 Å². The number of piperidine rings is 1. The zero-order chi connectivity index (χ0) is 17.1. The van der Waals surface area contributed by atoms with Crippen LogP contribution in [-0.2, 0) is 21.4 Å². The Morgan fingerprint density at radius 2 is 2.12 bits per heavy atom. The summed E-state index contributed by atoms with van der Waals surface area (Å²) in [6, 6.07) is 4.10. The van der Waals surface area contributed by atoms with Gasteiger partial charge in [-0.2, -0.15) is 0 Å². The van der Waals surface area contributed by atoms with Gasteiger partial charge in [0.15, 0.2) is 17.3 Å². The van der Waals surface area contributed by atoms with E-state index in [4.69, 9.17) is 9.47 Å². The van der Waals surface area contributed by atoms with Crippen molar-refractivity contribution in [3.63, 3.8) is 0 Å². The Labute approximate surface area is 141 Å². The quantitative estimate of drug-likeness (QED) is 0.839. The zero-order valence-electron chi connectivity index (χ0n) is 14.3. The number of aromatic hydroxyl groups is 1. The molecule has 4 rings (SSSR count). The third-order valence-electron chi connectivity index (χ3n) is 6.05. The maximum Gasteiger partial charge on any atom is 0.166 e. The van der Waals surface area contributed by atoms with Crippen molar-refractivity contribution in [3.8, 4) is 11.5 Å². The molecule has 1 aliphatic heterocycles. The van der Waals surface area contributed by atoms with Crippen molar-refractivity contribution in [2.45, 2.75) is 36.8 Å². The van der Waals surface area contributed by atoms with Crippen LogP contribution in [0.25, 0.3) is 0 Å². The number of likely N-dealkylation sites (N-methyl/N-ethyl adjacent to an activating group) is 1. The maximum absolute atomic E-state index is 12.6. The van der Waals surface area contributed by atoms with E-state index < -0.39 is 11.5 Å². The van der Waals surface area contributed by atoms with Gasteiger partial charge in [-0.1, -0.05) is 6.07 Å². The number of nitrogens with zero attached hydrogens (tertiary/aromatic N) is 1. The van der Waals surface area contributed by atoms with E-state index in [0.717, 1.165) is 30.5 Å². The minimum Gasteiger partial charge on any atom is -0.504 e. The predicted octanol–water partition coefficient (Wildman–Crippen LogP) is 1.81. The van der Waals surface area contributed by atoms with E-state index >= 15 is 0 Å². The first-order valence-electron chi connectivity index (χ1n) is 8.39. The first kappa shape index (κ1) is 15.7. The van der Waals surface area contributed by atoms with Gasteiger partial charge >= 0.3 is 0 Å². The fraction of sp³-hybridized carbons (Fsp3) is 0.526. The molecular formula is C19H23NO4. The summed E-state index contributed by atoms with van der Waals surface area (Å²) in [6.45, 7) is 0.906. The second-order valence-corrected chi connectivity index (χ2v) is 7.10. The van der Waals surface area contributed by atoms with Gasteiger partial charge in [0, 0.05) is 30.6 Å². The molecule has 0 amide bonds. The van der Waals surface area contributed by atoms with Crippen molar-refractivity contribution in [1.82, 2.24) is 4.90 Å². The molecule has 0 radical (unpaired) electrons. The van der Waals surface area contributed by atoms with Gasteiger partial charge in [-0.3, -0.25) is 9.69 Å². The highest BCUT2D eigenvalue weighted by molar-refractivity contribution is 5.90. The molecule has 5 heteroatoms. The van der Waals surface area contributed by atoms with Gasteiger partial charge in [-0.25, -0.2) is 0 Å². The number of methoxy groups -OCH3 is 2. The number of benzene rings is 1. The summed E-state index contributed by atoms with van der Waals surface area (Å²) in [4.78, 5) is 15.0. The number of phenolic OH excluding ortho intramolecular Hbond substituents is 1. The molecule has 1 fully saturated rings. The Hall–Kier alpha value is -1.85. The SMILES string of the molecule is COc1ccc2c(c1O)[C@@]13CCN(C)[C@@H](C2)C1=CC(OC)C(=O)C3. The van der Waals surface area contributed by atoms with E-state index in [1.807, 2.05) is 18.2 Å². The monoisotopic (exact) mass is 329 g/mol. The Morgan fingerprint density at radius 3 is 2.83 bits per heavy atom. The number of rotatable bonds is 2. The Morgan fingerprint density at radius 1 is 1.33 bits per heavy atom. The smallest absolute Gasteiger partial charge is 0.166 e. The van der Waals surface area contributed by atoms with Crippen molar-refractivity contribution in [1.29, 1.82) is 0 Å². The van der Waals surface area contributed by atoms with Crippen LogP contribution in [0.4, 0.5) is 0 Å². The number of hydrogen-bond acceptors (Lipinski definition) is 5. The molecule has 1 saturated heterocycles. The topological polar surface area (TPSA) is 59.0 Å². The lowest BCUT2D eigenvalue weighted by Gasteiger charge is -2.54. The van der Waals surface area contributed by atoms with E-state index in [9.17, 15) is 9.90 Å².